The summed E-state index contributed by atoms with van der Waals surface area (Å²) in [6, 6.07) is 3.67. The zero-order chi connectivity index (χ0) is 11.5. The van der Waals surface area contributed by atoms with Crippen molar-refractivity contribution in [1.29, 1.82) is 5.26 Å². The Hall–Kier alpha value is -1.93. The van der Waals surface area contributed by atoms with Crippen molar-refractivity contribution >= 4 is 11.6 Å². The van der Waals surface area contributed by atoms with Crippen LogP contribution >= 0.6 is 11.6 Å². The zero-order valence-electron chi connectivity index (χ0n) is 8.55. The van der Waals surface area contributed by atoms with E-state index in [1.807, 2.05) is 13.0 Å². The van der Waals surface area contributed by atoms with Crippen LogP contribution in [0, 0.1) is 18.3 Å². The Labute approximate surface area is 97.4 Å². The minimum absolute atomic E-state index is 0.334. The maximum Gasteiger partial charge on any atom is 0.213 e. The molecule has 0 atom stereocenters. The van der Waals surface area contributed by atoms with E-state index in [0.29, 0.717) is 23.3 Å². The quantitative estimate of drug-likeness (QED) is 0.739. The van der Waals surface area contributed by atoms with Crippen LogP contribution in [0.1, 0.15) is 17.3 Å². The number of aryl methyl sites for hydroxylation is 1. The van der Waals surface area contributed by atoms with E-state index in [2.05, 4.69) is 15.0 Å². The molecule has 0 saturated heterocycles. The molecule has 0 unspecified atom stereocenters. The Balaban J connectivity index is 2.31. The Kier molecular flexibility index (Phi) is 2.84. The lowest BCUT2D eigenvalue weighted by molar-refractivity contribution is 0.728. The van der Waals surface area contributed by atoms with Gasteiger partial charge >= 0.3 is 0 Å². The first-order chi connectivity index (χ1) is 7.69. The normalized spacial score (nSPS) is 10.1. The van der Waals surface area contributed by atoms with Gasteiger partial charge in [-0.25, -0.2) is 15.0 Å². The molecule has 0 spiro atoms. The molecule has 5 nitrogen and oxygen atoms in total. The minimum Gasteiger partial charge on any atom is -0.315 e. The Bertz CT molecular complexity index is 534. The van der Waals surface area contributed by atoms with Gasteiger partial charge in [0.1, 0.15) is 17.0 Å². The Morgan fingerprint density at radius 1 is 1.50 bits per heavy atom. The maximum atomic E-state index is 8.79. The van der Waals surface area contributed by atoms with E-state index >= 15 is 0 Å². The molecule has 2 rings (SSSR count). The zero-order valence-corrected chi connectivity index (χ0v) is 9.31. The van der Waals surface area contributed by atoms with Gasteiger partial charge in [-0.15, -0.1) is 0 Å². The number of nitrogens with zero attached hydrogens (tertiary/aromatic N) is 5. The van der Waals surface area contributed by atoms with Gasteiger partial charge in [0.05, 0.1) is 6.54 Å². The molecule has 0 N–H and O–H groups in total. The van der Waals surface area contributed by atoms with Crippen molar-refractivity contribution in [1.82, 2.24) is 19.5 Å². The molecule has 0 saturated carbocycles. The topological polar surface area (TPSA) is 67.4 Å². The van der Waals surface area contributed by atoms with Crippen molar-refractivity contribution in [2.45, 2.75) is 13.5 Å². The predicted molar refractivity (Wildman–Crippen MR) is 57.8 cm³/mol. The van der Waals surface area contributed by atoms with Crippen LogP contribution in [-0.2, 0) is 6.54 Å². The number of nitriles is 1. The third kappa shape index (κ3) is 2.18. The summed E-state index contributed by atoms with van der Waals surface area (Å²) < 4.78 is 1.67. The molecular weight excluding hydrogens is 226 g/mol. The lowest BCUT2D eigenvalue weighted by Crippen LogP contribution is -2.06. The van der Waals surface area contributed by atoms with Gasteiger partial charge in [0, 0.05) is 18.1 Å². The third-order valence-electron chi connectivity index (χ3n) is 2.00. The molecule has 2 heterocycles. The van der Waals surface area contributed by atoms with Crippen LogP contribution in [0.3, 0.4) is 0 Å². The number of hydrogen-bond donors (Lipinski definition) is 0. The highest BCUT2D eigenvalue weighted by atomic mass is 35.5. The molecule has 80 valence electrons. The summed E-state index contributed by atoms with van der Waals surface area (Å²) >= 11 is 5.82. The van der Waals surface area contributed by atoms with Gasteiger partial charge in [0.25, 0.3) is 0 Å². The van der Waals surface area contributed by atoms with Gasteiger partial charge in [0.2, 0.25) is 5.82 Å². The molecule has 0 fully saturated rings. The molecule has 0 radical (unpaired) electrons. The summed E-state index contributed by atoms with van der Waals surface area (Å²) in [4.78, 5) is 12.2. The second-order valence-electron chi connectivity index (χ2n) is 3.24. The Morgan fingerprint density at radius 2 is 2.31 bits per heavy atom. The van der Waals surface area contributed by atoms with Crippen molar-refractivity contribution < 1.29 is 0 Å². The monoisotopic (exact) mass is 233 g/mol. The Morgan fingerprint density at radius 3 is 3.00 bits per heavy atom. The molecular formula is C10H8ClN5. The summed E-state index contributed by atoms with van der Waals surface area (Å²) in [6.07, 6.45) is 3.27. The average molecular weight is 234 g/mol. The summed E-state index contributed by atoms with van der Waals surface area (Å²) in [5.74, 6) is 0.903. The summed E-state index contributed by atoms with van der Waals surface area (Å²) in [5.41, 5.74) is 0.800. The molecule has 0 aliphatic carbocycles. The van der Waals surface area contributed by atoms with E-state index in [1.165, 1.54) is 0 Å². The molecule has 0 amide bonds. The van der Waals surface area contributed by atoms with Gasteiger partial charge in [-0.3, -0.25) is 0 Å². The second kappa shape index (κ2) is 4.29. The molecule has 2 aromatic rings. The van der Waals surface area contributed by atoms with Crippen molar-refractivity contribution in [2.24, 2.45) is 0 Å². The van der Waals surface area contributed by atoms with Gasteiger partial charge < -0.3 is 4.57 Å². The van der Waals surface area contributed by atoms with Crippen molar-refractivity contribution in [3.63, 3.8) is 0 Å². The van der Waals surface area contributed by atoms with Crippen LogP contribution in [0.2, 0.25) is 5.15 Å². The summed E-state index contributed by atoms with van der Waals surface area (Å²) in [5, 5.41) is 9.20. The number of imidazole rings is 1. The minimum atomic E-state index is 0.334. The van der Waals surface area contributed by atoms with Crippen LogP contribution in [-0.4, -0.2) is 19.5 Å². The number of aromatic nitrogens is 4. The number of halogens is 1. The van der Waals surface area contributed by atoms with E-state index in [9.17, 15) is 0 Å². The lowest BCUT2D eigenvalue weighted by Gasteiger charge is -2.03. The van der Waals surface area contributed by atoms with E-state index in [4.69, 9.17) is 16.9 Å². The van der Waals surface area contributed by atoms with Crippen molar-refractivity contribution in [3.8, 4) is 6.07 Å². The molecule has 0 aliphatic rings. The summed E-state index contributed by atoms with van der Waals surface area (Å²) in [7, 11) is 0. The second-order valence-corrected chi connectivity index (χ2v) is 3.63. The molecule has 0 bridgehead atoms. The van der Waals surface area contributed by atoms with E-state index in [0.717, 1.165) is 5.69 Å². The van der Waals surface area contributed by atoms with Crippen LogP contribution in [0.25, 0.3) is 0 Å². The standard InChI is InChI=1S/C10H8ClN5/c1-7-4-8(11)15-9(14-7)6-16-3-2-13-10(16)5-12/h2-4H,6H2,1H3. The van der Waals surface area contributed by atoms with E-state index < -0.39 is 0 Å². The van der Waals surface area contributed by atoms with Gasteiger partial charge in [-0.2, -0.15) is 5.26 Å². The summed E-state index contributed by atoms with van der Waals surface area (Å²) in [6.45, 7) is 2.24. The highest BCUT2D eigenvalue weighted by Gasteiger charge is 2.05. The van der Waals surface area contributed by atoms with Crippen molar-refractivity contribution in [3.05, 3.63) is 41.0 Å². The van der Waals surface area contributed by atoms with Crippen LogP contribution in [0.4, 0.5) is 0 Å². The third-order valence-corrected chi connectivity index (χ3v) is 2.19. The van der Waals surface area contributed by atoms with Crippen LogP contribution < -0.4 is 0 Å². The first-order valence-electron chi connectivity index (χ1n) is 4.60. The molecule has 16 heavy (non-hydrogen) atoms. The van der Waals surface area contributed by atoms with E-state index in [-0.39, 0.29) is 0 Å². The molecule has 6 heteroatoms. The first kappa shape index (κ1) is 10.6. The fourth-order valence-corrected chi connectivity index (χ4v) is 1.62. The highest BCUT2D eigenvalue weighted by molar-refractivity contribution is 6.29. The average Bonchev–Trinajstić information content (AvgIpc) is 2.63. The predicted octanol–water partition coefficient (Wildman–Crippen LogP) is 1.55. The molecule has 0 aliphatic heterocycles. The lowest BCUT2D eigenvalue weighted by atomic mass is 10.4. The first-order valence-corrected chi connectivity index (χ1v) is 4.98. The van der Waals surface area contributed by atoms with Gasteiger partial charge in [-0.05, 0) is 13.0 Å². The van der Waals surface area contributed by atoms with Crippen molar-refractivity contribution in [2.75, 3.05) is 0 Å². The van der Waals surface area contributed by atoms with Crippen LogP contribution in [0.5, 0.6) is 0 Å². The molecule has 0 aromatic carbocycles. The largest absolute Gasteiger partial charge is 0.315 e. The smallest absolute Gasteiger partial charge is 0.213 e. The maximum absolute atomic E-state index is 8.79. The fourth-order valence-electron chi connectivity index (χ4n) is 1.36. The number of hydrogen-bond acceptors (Lipinski definition) is 4. The van der Waals surface area contributed by atoms with Crippen LogP contribution in [0.15, 0.2) is 18.5 Å². The number of rotatable bonds is 2. The molecule has 2 aromatic heterocycles. The van der Waals surface area contributed by atoms with E-state index in [1.54, 1.807) is 23.0 Å². The highest BCUT2D eigenvalue weighted by Crippen LogP contribution is 2.08. The SMILES string of the molecule is Cc1cc(Cl)nc(Cn2ccnc2C#N)n1. The fraction of sp³-hybridized carbons (Fsp3) is 0.200. The van der Waals surface area contributed by atoms with Gasteiger partial charge in [0.15, 0.2) is 0 Å². The van der Waals surface area contributed by atoms with Gasteiger partial charge in [-0.1, -0.05) is 11.6 Å².